The Balaban J connectivity index is 1.88. The summed E-state index contributed by atoms with van der Waals surface area (Å²) in [6.45, 7) is 12.5. The van der Waals surface area contributed by atoms with Crippen LogP contribution in [0.5, 0.6) is 0 Å². The van der Waals surface area contributed by atoms with E-state index in [1.54, 1.807) is 22.0 Å². The minimum Gasteiger partial charge on any atom is -0.322 e. The molecule has 1 N–H and O–H groups in total. The van der Waals surface area contributed by atoms with Crippen molar-refractivity contribution in [3.8, 4) is 0 Å². The molecule has 3 aromatic rings. The van der Waals surface area contributed by atoms with Crippen LogP contribution in [0.4, 0.5) is 11.6 Å². The Kier molecular flexibility index (Phi) is 4.87. The van der Waals surface area contributed by atoms with E-state index >= 15 is 0 Å². The second-order valence-electron chi connectivity index (χ2n) is 7.74. The Morgan fingerprint density at radius 3 is 2.71 bits per heavy atom. The molecule has 0 bridgehead atoms. The Bertz CT molecular complexity index is 1120. The molecule has 0 amide bonds. The van der Waals surface area contributed by atoms with Crippen LogP contribution in [0.25, 0.3) is 10.2 Å². The lowest BCUT2D eigenvalue weighted by molar-refractivity contribution is 0.516. The summed E-state index contributed by atoms with van der Waals surface area (Å²) in [4.78, 5) is 20.4. The normalized spacial score (nSPS) is 13.9. The third-order valence-electron chi connectivity index (χ3n) is 5.44. The van der Waals surface area contributed by atoms with Crippen molar-refractivity contribution in [2.45, 2.75) is 66.0 Å². The van der Waals surface area contributed by atoms with E-state index in [1.165, 1.54) is 16.9 Å². The van der Waals surface area contributed by atoms with E-state index < -0.39 is 0 Å². The van der Waals surface area contributed by atoms with Crippen molar-refractivity contribution in [3.05, 3.63) is 44.8 Å². The summed E-state index contributed by atoms with van der Waals surface area (Å²) in [7, 11) is 0. The fourth-order valence-electron chi connectivity index (χ4n) is 4.09. The first kappa shape index (κ1) is 18.9. The van der Waals surface area contributed by atoms with E-state index in [0.717, 1.165) is 46.6 Å². The molecule has 28 heavy (non-hydrogen) atoms. The lowest BCUT2D eigenvalue weighted by atomic mass is 9.97. The maximum atomic E-state index is 13.4. The number of allylic oxidation sites excluding steroid dienone is 1. The van der Waals surface area contributed by atoms with Crippen molar-refractivity contribution in [3.63, 3.8) is 0 Å². The first-order valence-corrected chi connectivity index (χ1v) is 10.7. The van der Waals surface area contributed by atoms with Gasteiger partial charge in [0, 0.05) is 17.5 Å². The Morgan fingerprint density at radius 2 is 2.04 bits per heavy atom. The van der Waals surface area contributed by atoms with Gasteiger partial charge in [-0.05, 0) is 58.9 Å². The molecule has 0 aliphatic heterocycles. The number of aryl methyl sites for hydroxylation is 3. The Hall–Kier alpha value is -2.41. The van der Waals surface area contributed by atoms with E-state index in [1.807, 2.05) is 18.5 Å². The van der Waals surface area contributed by atoms with Crippen molar-refractivity contribution in [2.24, 2.45) is 0 Å². The number of anilines is 2. The van der Waals surface area contributed by atoms with Gasteiger partial charge in [-0.1, -0.05) is 6.08 Å². The van der Waals surface area contributed by atoms with Gasteiger partial charge in [-0.25, -0.2) is 4.98 Å². The molecule has 1 aliphatic carbocycles. The van der Waals surface area contributed by atoms with Crippen LogP contribution in [-0.4, -0.2) is 19.3 Å². The number of nitrogens with one attached hydrogen (secondary N) is 1. The molecule has 0 saturated carbocycles. The van der Waals surface area contributed by atoms with Crippen LogP contribution in [-0.2, 0) is 19.4 Å². The summed E-state index contributed by atoms with van der Waals surface area (Å²) in [6.07, 6.45) is 6.12. The fraction of sp³-hybridized carbons (Fsp3) is 0.476. The number of aromatic nitrogens is 4. The number of hydrogen-bond acceptors (Lipinski definition) is 5. The zero-order valence-electron chi connectivity index (χ0n) is 17.0. The number of fused-ring (bicyclic) bond motifs is 3. The van der Waals surface area contributed by atoms with Gasteiger partial charge in [0.15, 0.2) is 0 Å². The molecule has 3 aromatic heterocycles. The lowest BCUT2D eigenvalue weighted by Crippen LogP contribution is -2.24. The molecule has 0 atom stereocenters. The van der Waals surface area contributed by atoms with E-state index in [2.05, 4.69) is 30.8 Å². The van der Waals surface area contributed by atoms with Crippen LogP contribution < -0.4 is 10.9 Å². The first-order valence-electron chi connectivity index (χ1n) is 9.91. The molecule has 0 spiro atoms. The fourth-order valence-corrected chi connectivity index (χ4v) is 5.34. The van der Waals surface area contributed by atoms with Crippen molar-refractivity contribution in [2.75, 3.05) is 5.32 Å². The zero-order chi connectivity index (χ0) is 20.0. The standard InChI is InChI=1S/C21H27N5OS/c1-6-11-25-20(27)17-15-9-7-8-10-16(15)28-19(17)23-21(25)22-18-13(4)24-26(12(2)3)14(18)5/h6,12H,1,7-11H2,2-5H3,(H,22,23). The van der Waals surface area contributed by atoms with Gasteiger partial charge in [-0.2, -0.15) is 5.10 Å². The summed E-state index contributed by atoms with van der Waals surface area (Å²) in [5.41, 5.74) is 4.10. The van der Waals surface area contributed by atoms with Gasteiger partial charge in [-0.3, -0.25) is 14.0 Å². The average molecular weight is 398 g/mol. The predicted molar refractivity (Wildman–Crippen MR) is 116 cm³/mol. The van der Waals surface area contributed by atoms with Gasteiger partial charge in [0.05, 0.1) is 22.5 Å². The predicted octanol–water partition coefficient (Wildman–Crippen LogP) is 4.66. The number of rotatable bonds is 5. The third-order valence-corrected chi connectivity index (χ3v) is 6.62. The molecule has 4 rings (SSSR count). The van der Waals surface area contributed by atoms with Crippen LogP contribution >= 0.6 is 11.3 Å². The van der Waals surface area contributed by atoms with Crippen molar-refractivity contribution in [1.29, 1.82) is 0 Å². The van der Waals surface area contributed by atoms with Crippen LogP contribution in [0, 0.1) is 13.8 Å². The van der Waals surface area contributed by atoms with E-state index in [4.69, 9.17) is 4.98 Å². The highest BCUT2D eigenvalue weighted by molar-refractivity contribution is 7.18. The molecule has 7 heteroatoms. The lowest BCUT2D eigenvalue weighted by Gasteiger charge is -2.14. The van der Waals surface area contributed by atoms with Gasteiger partial charge in [0.25, 0.3) is 5.56 Å². The van der Waals surface area contributed by atoms with Gasteiger partial charge in [0.1, 0.15) is 4.83 Å². The van der Waals surface area contributed by atoms with Crippen molar-refractivity contribution < 1.29 is 0 Å². The molecule has 1 aliphatic rings. The van der Waals surface area contributed by atoms with Crippen molar-refractivity contribution >= 4 is 33.2 Å². The second kappa shape index (κ2) is 7.20. The maximum Gasteiger partial charge on any atom is 0.264 e. The summed E-state index contributed by atoms with van der Waals surface area (Å²) >= 11 is 1.67. The van der Waals surface area contributed by atoms with E-state index in [-0.39, 0.29) is 11.6 Å². The highest BCUT2D eigenvalue weighted by Crippen LogP contribution is 2.35. The molecule has 148 valence electrons. The van der Waals surface area contributed by atoms with Gasteiger partial charge < -0.3 is 5.32 Å². The molecule has 3 heterocycles. The third kappa shape index (κ3) is 2.98. The summed E-state index contributed by atoms with van der Waals surface area (Å²) in [5.74, 6) is 0.561. The van der Waals surface area contributed by atoms with Crippen LogP contribution in [0.3, 0.4) is 0 Å². The maximum absolute atomic E-state index is 13.4. The largest absolute Gasteiger partial charge is 0.322 e. The smallest absolute Gasteiger partial charge is 0.264 e. The summed E-state index contributed by atoms with van der Waals surface area (Å²) in [5, 5.41) is 8.85. The SMILES string of the molecule is C=CCn1c(Nc2c(C)nn(C(C)C)c2C)nc2sc3c(c2c1=O)CCCC3. The van der Waals surface area contributed by atoms with Crippen LogP contribution in [0.1, 0.15) is 54.6 Å². The number of hydrogen-bond donors (Lipinski definition) is 1. The summed E-state index contributed by atoms with van der Waals surface area (Å²) in [6, 6.07) is 0.268. The topological polar surface area (TPSA) is 64.7 Å². The minimum atomic E-state index is 0.0263. The molecule has 6 nitrogen and oxygen atoms in total. The molecular formula is C21H27N5OS. The van der Waals surface area contributed by atoms with Gasteiger partial charge in [-0.15, -0.1) is 17.9 Å². The number of nitrogens with zero attached hydrogens (tertiary/aromatic N) is 4. The van der Waals surface area contributed by atoms with Crippen LogP contribution in [0.15, 0.2) is 17.4 Å². The minimum absolute atomic E-state index is 0.0263. The highest BCUT2D eigenvalue weighted by Gasteiger charge is 2.23. The monoisotopic (exact) mass is 397 g/mol. The molecule has 0 fully saturated rings. The molecular weight excluding hydrogens is 370 g/mol. The zero-order valence-corrected chi connectivity index (χ0v) is 17.8. The molecule has 0 radical (unpaired) electrons. The Morgan fingerprint density at radius 1 is 1.29 bits per heavy atom. The van der Waals surface area contributed by atoms with E-state index in [9.17, 15) is 4.79 Å². The van der Waals surface area contributed by atoms with Crippen LogP contribution in [0.2, 0.25) is 0 Å². The number of thiophene rings is 1. The van der Waals surface area contributed by atoms with E-state index in [0.29, 0.717) is 12.5 Å². The molecule has 0 saturated heterocycles. The van der Waals surface area contributed by atoms with Crippen molar-refractivity contribution in [1.82, 2.24) is 19.3 Å². The molecule has 0 unspecified atom stereocenters. The average Bonchev–Trinajstić information content (AvgIpc) is 3.17. The first-order chi connectivity index (χ1) is 13.4. The summed E-state index contributed by atoms with van der Waals surface area (Å²) < 4.78 is 3.69. The Labute approximate surface area is 168 Å². The molecule has 0 aromatic carbocycles. The quantitative estimate of drug-likeness (QED) is 0.636. The van der Waals surface area contributed by atoms with Gasteiger partial charge in [0.2, 0.25) is 5.95 Å². The highest BCUT2D eigenvalue weighted by atomic mass is 32.1. The second-order valence-corrected chi connectivity index (χ2v) is 8.82. The van der Waals surface area contributed by atoms with Gasteiger partial charge >= 0.3 is 0 Å².